The summed E-state index contributed by atoms with van der Waals surface area (Å²) in [6.45, 7) is 2.60. The molecule has 2 rings (SSSR count). The van der Waals surface area contributed by atoms with Crippen LogP contribution in [0.4, 0.5) is 11.4 Å². The second-order valence-corrected chi connectivity index (χ2v) is 6.63. The summed E-state index contributed by atoms with van der Waals surface area (Å²) in [6, 6.07) is 13.3. The highest BCUT2D eigenvalue weighted by atomic mass is 16.6. The van der Waals surface area contributed by atoms with Gasteiger partial charge in [0.25, 0.3) is 11.6 Å². The zero-order valence-electron chi connectivity index (χ0n) is 17.2. The lowest BCUT2D eigenvalue weighted by Gasteiger charge is -2.22. The number of methoxy groups -OCH3 is 1. The van der Waals surface area contributed by atoms with Crippen molar-refractivity contribution in [2.45, 2.75) is 19.6 Å². The van der Waals surface area contributed by atoms with E-state index in [1.807, 2.05) is 30.3 Å². The number of non-ortho nitro benzene ring substituents is 1. The van der Waals surface area contributed by atoms with E-state index in [0.717, 1.165) is 11.6 Å². The summed E-state index contributed by atoms with van der Waals surface area (Å²) < 4.78 is 10.3. The average molecular weight is 415 g/mol. The molecule has 160 valence electrons. The fraction of sp³-hybridized carbons (Fsp3) is 0.333. The number of benzene rings is 2. The second kappa shape index (κ2) is 10.9. The Bertz CT molecular complexity index is 888. The van der Waals surface area contributed by atoms with Crippen LogP contribution in [0.15, 0.2) is 48.5 Å². The molecular formula is C21H25N3O6. The number of esters is 1. The summed E-state index contributed by atoms with van der Waals surface area (Å²) in [5, 5.41) is 14.1. The fourth-order valence-corrected chi connectivity index (χ4v) is 2.78. The van der Waals surface area contributed by atoms with Gasteiger partial charge in [0.15, 0.2) is 6.10 Å². The van der Waals surface area contributed by atoms with Gasteiger partial charge in [0.05, 0.1) is 17.1 Å². The van der Waals surface area contributed by atoms with Crippen molar-refractivity contribution >= 4 is 23.3 Å². The lowest BCUT2D eigenvalue weighted by Crippen LogP contribution is -2.37. The van der Waals surface area contributed by atoms with Gasteiger partial charge in [-0.25, -0.2) is 4.79 Å². The van der Waals surface area contributed by atoms with Crippen LogP contribution in [0.3, 0.4) is 0 Å². The minimum Gasteiger partial charge on any atom is -0.449 e. The van der Waals surface area contributed by atoms with Crippen molar-refractivity contribution in [1.82, 2.24) is 4.90 Å². The zero-order chi connectivity index (χ0) is 22.1. The molecule has 30 heavy (non-hydrogen) atoms. The maximum Gasteiger partial charge on any atom is 0.341 e. The van der Waals surface area contributed by atoms with Crippen LogP contribution in [0, 0.1) is 10.1 Å². The number of ether oxygens (including phenoxy) is 2. The molecule has 0 saturated carbocycles. The molecule has 0 saturated heterocycles. The first-order valence-electron chi connectivity index (χ1n) is 9.34. The van der Waals surface area contributed by atoms with Crippen molar-refractivity contribution in [3.8, 4) is 0 Å². The van der Waals surface area contributed by atoms with Crippen LogP contribution in [0.25, 0.3) is 0 Å². The topological polar surface area (TPSA) is 111 Å². The molecule has 2 aromatic carbocycles. The van der Waals surface area contributed by atoms with Crippen LogP contribution in [0.2, 0.25) is 0 Å². The summed E-state index contributed by atoms with van der Waals surface area (Å²) in [4.78, 5) is 37.2. The SMILES string of the molecule is COCCNc1ccc([N+](=O)[O-])cc1C(=O)O[C@@H](C)C(=O)N(C)Cc1ccccc1. The number of nitrogens with zero attached hydrogens (tertiary/aromatic N) is 2. The quantitative estimate of drug-likeness (QED) is 0.275. The summed E-state index contributed by atoms with van der Waals surface area (Å²) in [5.41, 5.74) is 1.03. The predicted octanol–water partition coefficient (Wildman–Crippen LogP) is 2.86. The van der Waals surface area contributed by atoms with Gasteiger partial charge in [0.1, 0.15) is 0 Å². The van der Waals surface area contributed by atoms with E-state index in [0.29, 0.717) is 25.4 Å². The van der Waals surface area contributed by atoms with E-state index >= 15 is 0 Å². The number of rotatable bonds is 10. The third kappa shape index (κ3) is 6.28. The number of hydrogen-bond acceptors (Lipinski definition) is 7. The Kier molecular flexibility index (Phi) is 8.30. The number of amides is 1. The van der Waals surface area contributed by atoms with E-state index in [2.05, 4.69) is 5.32 Å². The van der Waals surface area contributed by atoms with Crippen molar-refractivity contribution in [1.29, 1.82) is 0 Å². The molecule has 1 N–H and O–H groups in total. The van der Waals surface area contributed by atoms with Gasteiger partial charge in [0, 0.05) is 45.1 Å². The Morgan fingerprint density at radius 1 is 1.20 bits per heavy atom. The van der Waals surface area contributed by atoms with Crippen molar-refractivity contribution in [2.24, 2.45) is 0 Å². The molecule has 0 radical (unpaired) electrons. The average Bonchev–Trinajstić information content (AvgIpc) is 2.73. The molecule has 0 aromatic heterocycles. The normalized spacial score (nSPS) is 11.4. The first-order valence-corrected chi connectivity index (χ1v) is 9.34. The van der Waals surface area contributed by atoms with Gasteiger partial charge in [-0.3, -0.25) is 14.9 Å². The number of nitro benzene ring substituents is 1. The minimum absolute atomic E-state index is 0.0225. The number of carbonyl (C=O) groups is 2. The molecule has 0 unspecified atom stereocenters. The monoisotopic (exact) mass is 415 g/mol. The van der Waals surface area contributed by atoms with E-state index in [1.165, 1.54) is 31.1 Å². The van der Waals surface area contributed by atoms with Crippen LogP contribution in [-0.2, 0) is 20.8 Å². The molecule has 0 heterocycles. The highest BCUT2D eigenvalue weighted by Crippen LogP contribution is 2.23. The lowest BCUT2D eigenvalue weighted by molar-refractivity contribution is -0.384. The largest absolute Gasteiger partial charge is 0.449 e. The van der Waals surface area contributed by atoms with Crippen LogP contribution < -0.4 is 5.32 Å². The van der Waals surface area contributed by atoms with Crippen LogP contribution >= 0.6 is 0 Å². The standard InChI is InChI=1S/C21H25N3O6/c1-15(20(25)23(2)14-16-7-5-4-6-8-16)30-21(26)18-13-17(24(27)28)9-10-19(18)22-11-12-29-3/h4-10,13,15,22H,11-12,14H2,1-3H3/t15-/m0/s1. The Hall–Kier alpha value is -3.46. The van der Waals surface area contributed by atoms with Crippen LogP contribution in [-0.4, -0.2) is 55.1 Å². The Morgan fingerprint density at radius 3 is 2.53 bits per heavy atom. The van der Waals surface area contributed by atoms with Crippen molar-refractivity contribution in [3.63, 3.8) is 0 Å². The molecule has 0 aliphatic carbocycles. The molecular weight excluding hydrogens is 390 g/mol. The third-order valence-electron chi connectivity index (χ3n) is 4.33. The Balaban J connectivity index is 2.11. The predicted molar refractivity (Wildman–Crippen MR) is 111 cm³/mol. The maximum atomic E-state index is 12.7. The van der Waals surface area contributed by atoms with E-state index in [9.17, 15) is 19.7 Å². The highest BCUT2D eigenvalue weighted by Gasteiger charge is 2.25. The number of anilines is 1. The number of carbonyl (C=O) groups excluding carboxylic acids is 2. The molecule has 9 nitrogen and oxygen atoms in total. The molecule has 0 spiro atoms. The van der Waals surface area contributed by atoms with Gasteiger partial charge in [0.2, 0.25) is 0 Å². The van der Waals surface area contributed by atoms with E-state index in [4.69, 9.17) is 9.47 Å². The number of likely N-dealkylation sites (N-methyl/N-ethyl adjacent to an activating group) is 1. The van der Waals surface area contributed by atoms with Gasteiger partial charge in [-0.2, -0.15) is 0 Å². The maximum absolute atomic E-state index is 12.7. The zero-order valence-corrected chi connectivity index (χ0v) is 17.2. The first-order chi connectivity index (χ1) is 14.3. The third-order valence-corrected chi connectivity index (χ3v) is 4.33. The van der Waals surface area contributed by atoms with Gasteiger partial charge < -0.3 is 19.7 Å². The number of hydrogen-bond donors (Lipinski definition) is 1. The summed E-state index contributed by atoms with van der Waals surface area (Å²) >= 11 is 0. The number of nitro groups is 1. The molecule has 0 aliphatic rings. The van der Waals surface area contributed by atoms with Gasteiger partial charge >= 0.3 is 5.97 Å². The first kappa shape index (κ1) is 22.8. The van der Waals surface area contributed by atoms with Gasteiger partial charge in [-0.05, 0) is 18.6 Å². The minimum atomic E-state index is -1.06. The Labute approximate surface area is 174 Å². The highest BCUT2D eigenvalue weighted by molar-refractivity contribution is 5.98. The summed E-state index contributed by atoms with van der Waals surface area (Å²) in [6.07, 6.45) is -1.06. The van der Waals surface area contributed by atoms with Crippen LogP contribution in [0.5, 0.6) is 0 Å². The number of nitrogens with one attached hydrogen (secondary N) is 1. The molecule has 0 fully saturated rings. The second-order valence-electron chi connectivity index (χ2n) is 6.63. The van der Waals surface area contributed by atoms with E-state index in [1.54, 1.807) is 7.05 Å². The smallest absolute Gasteiger partial charge is 0.341 e. The lowest BCUT2D eigenvalue weighted by atomic mass is 10.1. The fourth-order valence-electron chi connectivity index (χ4n) is 2.78. The molecule has 0 aliphatic heterocycles. The molecule has 2 aromatic rings. The molecule has 9 heteroatoms. The van der Waals surface area contributed by atoms with E-state index < -0.39 is 17.0 Å². The Morgan fingerprint density at radius 2 is 1.90 bits per heavy atom. The van der Waals surface area contributed by atoms with Crippen molar-refractivity contribution in [3.05, 3.63) is 69.8 Å². The van der Waals surface area contributed by atoms with Crippen LogP contribution in [0.1, 0.15) is 22.8 Å². The van der Waals surface area contributed by atoms with E-state index in [-0.39, 0.29) is 17.2 Å². The van der Waals surface area contributed by atoms with Crippen molar-refractivity contribution < 1.29 is 24.0 Å². The summed E-state index contributed by atoms with van der Waals surface area (Å²) in [5.74, 6) is -1.21. The van der Waals surface area contributed by atoms with Gasteiger partial charge in [-0.1, -0.05) is 30.3 Å². The molecule has 0 bridgehead atoms. The molecule has 1 amide bonds. The van der Waals surface area contributed by atoms with Crippen molar-refractivity contribution in [2.75, 3.05) is 32.6 Å². The summed E-state index contributed by atoms with van der Waals surface area (Å²) in [7, 11) is 3.15. The van der Waals surface area contributed by atoms with Gasteiger partial charge in [-0.15, -0.1) is 0 Å². The molecule has 1 atom stereocenters.